The van der Waals surface area contributed by atoms with Crippen LogP contribution in [0.4, 0.5) is 17.1 Å². The van der Waals surface area contributed by atoms with Crippen LogP contribution in [0.1, 0.15) is 0 Å². The van der Waals surface area contributed by atoms with Gasteiger partial charge >= 0.3 is 0 Å². The summed E-state index contributed by atoms with van der Waals surface area (Å²) in [6.45, 7) is 0. The second-order valence-corrected chi connectivity index (χ2v) is 16.9. The van der Waals surface area contributed by atoms with Gasteiger partial charge in [0.15, 0.2) is 0 Å². The van der Waals surface area contributed by atoms with Gasteiger partial charge in [-0.1, -0.05) is 164 Å². The van der Waals surface area contributed by atoms with Crippen LogP contribution in [0.5, 0.6) is 0 Å². The van der Waals surface area contributed by atoms with E-state index >= 15 is 0 Å². The zero-order valence-corrected chi connectivity index (χ0v) is 35.4. The normalized spacial score (nSPS) is 11.7. The molecule has 0 unspecified atom stereocenters. The van der Waals surface area contributed by atoms with Crippen LogP contribution >= 0.6 is 0 Å². The van der Waals surface area contributed by atoms with Gasteiger partial charge in [-0.15, -0.1) is 0 Å². The Labute approximate surface area is 376 Å². The highest BCUT2D eigenvalue weighted by Crippen LogP contribution is 2.42. The van der Waals surface area contributed by atoms with Crippen LogP contribution in [-0.2, 0) is 0 Å². The molecule has 0 aliphatic rings. The van der Waals surface area contributed by atoms with Crippen molar-refractivity contribution in [2.75, 3.05) is 4.90 Å². The summed E-state index contributed by atoms with van der Waals surface area (Å²) in [4.78, 5) is 2.38. The predicted octanol–water partition coefficient (Wildman–Crippen LogP) is 17.5. The Hall–Kier alpha value is -8.66. The highest BCUT2D eigenvalue weighted by atomic mass is 16.3. The van der Waals surface area contributed by atoms with E-state index in [1.54, 1.807) is 0 Å². The zero-order valence-electron chi connectivity index (χ0n) is 35.4. The molecule has 0 atom stereocenters. The van der Waals surface area contributed by atoms with Crippen molar-refractivity contribution in [2.45, 2.75) is 0 Å². The van der Waals surface area contributed by atoms with Gasteiger partial charge in [0.1, 0.15) is 11.2 Å². The Morgan fingerprint density at radius 3 is 1.55 bits per heavy atom. The molecule has 0 aliphatic heterocycles. The average molecular weight is 829 g/mol. The fourth-order valence-electron chi connectivity index (χ4n) is 10.1. The van der Waals surface area contributed by atoms with Crippen molar-refractivity contribution in [3.63, 3.8) is 0 Å². The maximum absolute atomic E-state index is 6.34. The molecule has 2 heterocycles. The van der Waals surface area contributed by atoms with Crippen LogP contribution in [0.15, 0.2) is 247 Å². The molecule has 0 radical (unpaired) electrons. The Morgan fingerprint density at radius 1 is 0.292 bits per heavy atom. The summed E-state index contributed by atoms with van der Waals surface area (Å²) >= 11 is 0. The van der Waals surface area contributed by atoms with Crippen LogP contribution in [0, 0.1) is 0 Å². The molecule has 0 saturated heterocycles. The Morgan fingerprint density at radius 2 is 0.815 bits per heavy atom. The number of para-hydroxylation sites is 4. The fourth-order valence-corrected chi connectivity index (χ4v) is 10.1. The number of furan rings is 1. The molecular weight excluding hydrogens is 789 g/mol. The third-order valence-corrected chi connectivity index (χ3v) is 13.2. The topological polar surface area (TPSA) is 21.3 Å². The van der Waals surface area contributed by atoms with Crippen molar-refractivity contribution in [3.8, 4) is 39.1 Å². The molecular formula is C62H40N2O. The maximum Gasteiger partial charge on any atom is 0.136 e. The molecule has 0 spiro atoms. The van der Waals surface area contributed by atoms with E-state index in [1.807, 2.05) is 12.1 Å². The second kappa shape index (κ2) is 15.0. The van der Waals surface area contributed by atoms with Gasteiger partial charge in [-0.05, 0) is 128 Å². The van der Waals surface area contributed by atoms with Gasteiger partial charge in [-0.25, -0.2) is 0 Å². The van der Waals surface area contributed by atoms with E-state index in [4.69, 9.17) is 4.42 Å². The van der Waals surface area contributed by atoms with Crippen molar-refractivity contribution in [2.24, 2.45) is 0 Å². The summed E-state index contributed by atoms with van der Waals surface area (Å²) in [5, 5.41) is 9.79. The smallest absolute Gasteiger partial charge is 0.136 e. The maximum atomic E-state index is 6.34. The molecule has 0 bridgehead atoms. The predicted molar refractivity (Wildman–Crippen MR) is 274 cm³/mol. The van der Waals surface area contributed by atoms with Gasteiger partial charge in [0, 0.05) is 44.2 Å². The second-order valence-electron chi connectivity index (χ2n) is 16.9. The molecule has 3 heteroatoms. The summed E-state index contributed by atoms with van der Waals surface area (Å²) in [6.07, 6.45) is 0. The Bertz CT molecular complexity index is 3910. The van der Waals surface area contributed by atoms with Gasteiger partial charge < -0.3 is 13.9 Å². The summed E-state index contributed by atoms with van der Waals surface area (Å²) in [5.74, 6) is 0. The van der Waals surface area contributed by atoms with Crippen molar-refractivity contribution >= 4 is 82.4 Å². The standard InChI is InChI=1S/C62H40N2O/c1-2-18-51-41(13-1)27-28-47-37-45(31-35-52(47)51)43-14-11-16-49(38-43)63(50-17-12-15-44(39-50)46-32-36-57-56-22-6-10-26-61(56)65-62(57)40-46)48-33-29-42(30-34-48)53-19-3-7-23-58(53)64-59-24-8-4-20-54(59)55-21-5-9-25-60(55)64/h1-40H. The average Bonchev–Trinajstić information content (AvgIpc) is 3.92. The molecule has 0 fully saturated rings. The van der Waals surface area contributed by atoms with Crippen LogP contribution in [-0.4, -0.2) is 4.57 Å². The van der Waals surface area contributed by atoms with E-state index in [2.05, 4.69) is 240 Å². The number of benzene rings is 11. The quantitative estimate of drug-likeness (QED) is 0.149. The van der Waals surface area contributed by atoms with Crippen molar-refractivity contribution in [3.05, 3.63) is 243 Å². The van der Waals surface area contributed by atoms with E-state index in [0.29, 0.717) is 0 Å². The van der Waals surface area contributed by atoms with Gasteiger partial charge in [0.2, 0.25) is 0 Å². The highest BCUT2D eigenvalue weighted by Gasteiger charge is 2.19. The molecule has 304 valence electrons. The lowest BCUT2D eigenvalue weighted by atomic mass is 9.97. The van der Waals surface area contributed by atoms with Crippen molar-refractivity contribution in [1.29, 1.82) is 0 Å². The molecule has 11 aromatic carbocycles. The molecule has 2 aromatic heterocycles. The first-order valence-corrected chi connectivity index (χ1v) is 22.2. The highest BCUT2D eigenvalue weighted by molar-refractivity contribution is 6.11. The van der Waals surface area contributed by atoms with E-state index in [1.165, 1.54) is 54.5 Å². The van der Waals surface area contributed by atoms with E-state index in [0.717, 1.165) is 66.9 Å². The Kier molecular flexibility index (Phi) is 8.53. The van der Waals surface area contributed by atoms with Gasteiger partial charge in [-0.3, -0.25) is 0 Å². The minimum atomic E-state index is 0.888. The van der Waals surface area contributed by atoms with Gasteiger partial charge in [0.05, 0.1) is 16.7 Å². The number of nitrogens with zero attached hydrogens (tertiary/aromatic N) is 2. The molecule has 0 N–H and O–H groups in total. The number of rotatable bonds is 7. The Balaban J connectivity index is 0.936. The van der Waals surface area contributed by atoms with Crippen LogP contribution < -0.4 is 4.90 Å². The van der Waals surface area contributed by atoms with Gasteiger partial charge in [-0.2, -0.15) is 0 Å². The van der Waals surface area contributed by atoms with Gasteiger partial charge in [0.25, 0.3) is 0 Å². The van der Waals surface area contributed by atoms with E-state index < -0.39 is 0 Å². The van der Waals surface area contributed by atoms with E-state index in [9.17, 15) is 0 Å². The summed E-state index contributed by atoms with van der Waals surface area (Å²) in [5.41, 5.74) is 15.4. The first kappa shape index (κ1) is 36.9. The molecule has 3 nitrogen and oxygen atoms in total. The molecule has 0 amide bonds. The zero-order chi connectivity index (χ0) is 42.8. The first-order chi connectivity index (χ1) is 32.2. The van der Waals surface area contributed by atoms with Crippen molar-refractivity contribution < 1.29 is 4.42 Å². The minimum Gasteiger partial charge on any atom is -0.456 e. The van der Waals surface area contributed by atoms with Crippen LogP contribution in [0.25, 0.3) is 104 Å². The summed E-state index contributed by atoms with van der Waals surface area (Å²) in [7, 11) is 0. The lowest BCUT2D eigenvalue weighted by molar-refractivity contribution is 0.669. The number of anilines is 3. The minimum absolute atomic E-state index is 0.888. The number of hydrogen-bond donors (Lipinski definition) is 0. The van der Waals surface area contributed by atoms with Crippen LogP contribution in [0.2, 0.25) is 0 Å². The SMILES string of the molecule is c1cc(-c2ccc3c(ccc4ccccc43)c2)cc(N(c2ccc(-c3ccccc3-n3c4ccccc4c4ccccc43)cc2)c2cccc(-c3ccc4c(c3)oc3ccccc34)c2)c1. The summed E-state index contributed by atoms with van der Waals surface area (Å²) in [6, 6.07) is 87.8. The summed E-state index contributed by atoms with van der Waals surface area (Å²) < 4.78 is 8.76. The fraction of sp³-hybridized carbons (Fsp3) is 0. The monoisotopic (exact) mass is 828 g/mol. The molecule has 0 aliphatic carbocycles. The third kappa shape index (κ3) is 6.20. The van der Waals surface area contributed by atoms with E-state index in [-0.39, 0.29) is 0 Å². The lowest BCUT2D eigenvalue weighted by Crippen LogP contribution is -2.10. The molecule has 65 heavy (non-hydrogen) atoms. The first-order valence-electron chi connectivity index (χ1n) is 22.2. The molecule has 13 aromatic rings. The number of aromatic nitrogens is 1. The number of hydrogen-bond acceptors (Lipinski definition) is 2. The number of fused-ring (bicyclic) bond motifs is 9. The lowest BCUT2D eigenvalue weighted by Gasteiger charge is -2.27. The molecule has 13 rings (SSSR count). The largest absolute Gasteiger partial charge is 0.456 e. The third-order valence-electron chi connectivity index (χ3n) is 13.2. The molecule has 0 saturated carbocycles. The van der Waals surface area contributed by atoms with Crippen LogP contribution in [0.3, 0.4) is 0 Å². The van der Waals surface area contributed by atoms with Crippen molar-refractivity contribution in [1.82, 2.24) is 4.57 Å².